The first-order valence-electron chi connectivity index (χ1n) is 5.85. The van der Waals surface area contributed by atoms with E-state index in [-0.39, 0.29) is 0 Å². The van der Waals surface area contributed by atoms with E-state index in [1.807, 2.05) is 12.1 Å². The Hall–Kier alpha value is 0.0500. The van der Waals surface area contributed by atoms with Crippen molar-refractivity contribution < 1.29 is 5.11 Å². The quantitative estimate of drug-likeness (QED) is 0.791. The summed E-state index contributed by atoms with van der Waals surface area (Å²) in [5.74, 6) is 0.566. The Morgan fingerprint density at radius 2 is 1.82 bits per heavy atom. The fourth-order valence-electron chi connectivity index (χ4n) is 2.44. The van der Waals surface area contributed by atoms with E-state index in [4.69, 9.17) is 34.8 Å². The standard InChI is InChI=1S/C13H15Cl3O/c14-11-7-9(12(17)13(15)16)5-6-10(11)8-3-1-2-4-8/h5-8,12-13,17H,1-4H2. The zero-order valence-corrected chi connectivity index (χ0v) is 11.6. The third-order valence-corrected chi connectivity index (χ3v) is 4.20. The summed E-state index contributed by atoms with van der Waals surface area (Å²) in [4.78, 5) is -0.830. The molecule has 17 heavy (non-hydrogen) atoms. The van der Waals surface area contributed by atoms with Crippen LogP contribution in [0.2, 0.25) is 5.02 Å². The fraction of sp³-hybridized carbons (Fsp3) is 0.538. The maximum absolute atomic E-state index is 9.76. The normalized spacial score (nSPS) is 18.9. The number of benzene rings is 1. The minimum absolute atomic E-state index is 0.566. The van der Waals surface area contributed by atoms with Crippen LogP contribution in [0.4, 0.5) is 0 Å². The monoisotopic (exact) mass is 292 g/mol. The summed E-state index contributed by atoms with van der Waals surface area (Å²) in [6.07, 6.45) is 4.08. The molecule has 1 aliphatic rings. The van der Waals surface area contributed by atoms with Crippen LogP contribution in [0.25, 0.3) is 0 Å². The molecule has 1 atom stereocenters. The molecule has 0 bridgehead atoms. The molecule has 0 aromatic heterocycles. The average molecular weight is 294 g/mol. The molecule has 2 rings (SSSR count). The highest BCUT2D eigenvalue weighted by molar-refractivity contribution is 6.44. The predicted octanol–water partition coefficient (Wildman–Crippen LogP) is 4.83. The van der Waals surface area contributed by atoms with Gasteiger partial charge >= 0.3 is 0 Å². The third-order valence-electron chi connectivity index (χ3n) is 3.40. The second-order valence-corrected chi connectivity index (χ2v) is 6.11. The molecular weight excluding hydrogens is 279 g/mol. The summed E-state index contributed by atoms with van der Waals surface area (Å²) in [5.41, 5.74) is 1.85. The highest BCUT2D eigenvalue weighted by atomic mass is 35.5. The summed E-state index contributed by atoms with van der Waals surface area (Å²) >= 11 is 17.6. The van der Waals surface area contributed by atoms with Gasteiger partial charge in [-0.3, -0.25) is 0 Å². The van der Waals surface area contributed by atoms with Crippen LogP contribution >= 0.6 is 34.8 Å². The van der Waals surface area contributed by atoms with Crippen molar-refractivity contribution in [2.45, 2.75) is 42.5 Å². The van der Waals surface area contributed by atoms with Gasteiger partial charge in [0, 0.05) is 5.02 Å². The fourth-order valence-corrected chi connectivity index (χ4v) is 3.07. The van der Waals surface area contributed by atoms with E-state index in [2.05, 4.69) is 0 Å². The van der Waals surface area contributed by atoms with Gasteiger partial charge in [-0.2, -0.15) is 0 Å². The van der Waals surface area contributed by atoms with E-state index in [0.29, 0.717) is 16.5 Å². The van der Waals surface area contributed by atoms with E-state index in [9.17, 15) is 5.11 Å². The molecule has 1 saturated carbocycles. The topological polar surface area (TPSA) is 20.2 Å². The molecule has 0 heterocycles. The Bertz CT molecular complexity index is 386. The number of halogens is 3. The maximum atomic E-state index is 9.76. The molecule has 1 aromatic rings. The van der Waals surface area contributed by atoms with Crippen molar-refractivity contribution >= 4 is 34.8 Å². The first-order chi connectivity index (χ1) is 8.09. The van der Waals surface area contributed by atoms with E-state index in [1.54, 1.807) is 6.07 Å². The lowest BCUT2D eigenvalue weighted by Gasteiger charge is -2.16. The van der Waals surface area contributed by atoms with Crippen LogP contribution in [-0.4, -0.2) is 9.94 Å². The second kappa shape index (κ2) is 5.79. The highest BCUT2D eigenvalue weighted by Gasteiger charge is 2.21. The number of aliphatic hydroxyl groups excluding tert-OH is 1. The minimum Gasteiger partial charge on any atom is -0.386 e. The van der Waals surface area contributed by atoms with E-state index in [1.165, 1.54) is 31.2 Å². The van der Waals surface area contributed by atoms with Gasteiger partial charge in [-0.1, -0.05) is 36.6 Å². The lowest BCUT2D eigenvalue weighted by molar-refractivity contribution is 0.193. The van der Waals surface area contributed by atoms with Crippen molar-refractivity contribution in [1.29, 1.82) is 0 Å². The zero-order valence-electron chi connectivity index (χ0n) is 9.37. The van der Waals surface area contributed by atoms with Gasteiger partial charge in [0.1, 0.15) is 10.9 Å². The molecule has 1 N–H and O–H groups in total. The molecule has 1 fully saturated rings. The Labute approximate surface area is 117 Å². The van der Waals surface area contributed by atoms with Crippen LogP contribution in [0.3, 0.4) is 0 Å². The first kappa shape index (κ1) is 13.5. The van der Waals surface area contributed by atoms with Crippen LogP contribution in [0.5, 0.6) is 0 Å². The molecule has 0 radical (unpaired) electrons. The van der Waals surface area contributed by atoms with Gasteiger partial charge in [0.25, 0.3) is 0 Å². The SMILES string of the molecule is OC(c1ccc(C2CCCC2)c(Cl)c1)C(Cl)Cl. The second-order valence-electron chi connectivity index (χ2n) is 4.54. The molecule has 0 spiro atoms. The molecule has 0 aliphatic heterocycles. The summed E-state index contributed by atoms with van der Waals surface area (Å²) in [7, 11) is 0. The number of rotatable bonds is 3. The number of hydrogen-bond donors (Lipinski definition) is 1. The van der Waals surface area contributed by atoms with Gasteiger partial charge in [-0.25, -0.2) is 0 Å². The molecule has 94 valence electrons. The molecule has 0 amide bonds. The summed E-state index contributed by atoms with van der Waals surface area (Å²) in [5, 5.41) is 10.5. The van der Waals surface area contributed by atoms with Gasteiger partial charge in [-0.05, 0) is 36.0 Å². The Morgan fingerprint density at radius 1 is 1.18 bits per heavy atom. The average Bonchev–Trinajstić information content (AvgIpc) is 2.81. The van der Waals surface area contributed by atoms with Gasteiger partial charge in [-0.15, -0.1) is 23.2 Å². The van der Waals surface area contributed by atoms with Crippen LogP contribution in [0.15, 0.2) is 18.2 Å². The van der Waals surface area contributed by atoms with Crippen LogP contribution in [0.1, 0.15) is 48.8 Å². The van der Waals surface area contributed by atoms with Crippen molar-refractivity contribution in [3.63, 3.8) is 0 Å². The van der Waals surface area contributed by atoms with Crippen LogP contribution in [-0.2, 0) is 0 Å². The van der Waals surface area contributed by atoms with Crippen molar-refractivity contribution in [1.82, 2.24) is 0 Å². The molecule has 1 aliphatic carbocycles. The van der Waals surface area contributed by atoms with Gasteiger partial charge < -0.3 is 5.11 Å². The van der Waals surface area contributed by atoms with Crippen molar-refractivity contribution in [2.75, 3.05) is 0 Å². The molecule has 4 heteroatoms. The molecule has 0 saturated heterocycles. The summed E-state index contributed by atoms with van der Waals surface area (Å²) in [6.45, 7) is 0. The lowest BCUT2D eigenvalue weighted by Crippen LogP contribution is -2.06. The Morgan fingerprint density at radius 3 is 2.35 bits per heavy atom. The number of hydrogen-bond acceptors (Lipinski definition) is 1. The van der Waals surface area contributed by atoms with Gasteiger partial charge in [0.05, 0.1) is 0 Å². The lowest BCUT2D eigenvalue weighted by atomic mass is 9.96. The highest BCUT2D eigenvalue weighted by Crippen LogP contribution is 2.38. The van der Waals surface area contributed by atoms with E-state index < -0.39 is 10.9 Å². The van der Waals surface area contributed by atoms with E-state index >= 15 is 0 Å². The first-order valence-corrected chi connectivity index (χ1v) is 7.10. The molecule has 1 unspecified atom stereocenters. The number of alkyl halides is 2. The summed E-state index contributed by atoms with van der Waals surface area (Å²) in [6, 6.07) is 5.63. The van der Waals surface area contributed by atoms with E-state index in [0.717, 1.165) is 0 Å². The number of aliphatic hydroxyl groups is 1. The van der Waals surface area contributed by atoms with Gasteiger partial charge in [0.2, 0.25) is 0 Å². The molecular formula is C13H15Cl3O. The molecule has 1 aromatic carbocycles. The third kappa shape index (κ3) is 3.08. The van der Waals surface area contributed by atoms with Crippen molar-refractivity contribution in [3.05, 3.63) is 34.3 Å². The van der Waals surface area contributed by atoms with Gasteiger partial charge in [0.15, 0.2) is 0 Å². The minimum atomic E-state index is -0.881. The van der Waals surface area contributed by atoms with Crippen molar-refractivity contribution in [3.8, 4) is 0 Å². The Balaban J connectivity index is 2.22. The maximum Gasteiger partial charge on any atom is 0.137 e. The Kier molecular flexibility index (Phi) is 4.59. The zero-order chi connectivity index (χ0) is 12.4. The van der Waals surface area contributed by atoms with Crippen LogP contribution < -0.4 is 0 Å². The smallest absolute Gasteiger partial charge is 0.137 e. The largest absolute Gasteiger partial charge is 0.386 e. The summed E-state index contributed by atoms with van der Waals surface area (Å²) < 4.78 is 0. The van der Waals surface area contributed by atoms with Crippen LogP contribution in [0, 0.1) is 0 Å². The van der Waals surface area contributed by atoms with Crippen molar-refractivity contribution in [2.24, 2.45) is 0 Å². The molecule has 1 nitrogen and oxygen atoms in total. The predicted molar refractivity (Wildman–Crippen MR) is 73.1 cm³/mol.